The van der Waals surface area contributed by atoms with Crippen LogP contribution in [0, 0.1) is 0 Å². The van der Waals surface area contributed by atoms with Crippen LogP contribution in [-0.2, 0) is 9.31 Å². The molecule has 0 unspecified atom stereocenters. The van der Waals surface area contributed by atoms with E-state index in [1.165, 1.54) is 17.7 Å². The third-order valence-corrected chi connectivity index (χ3v) is 4.57. The molecule has 2 rings (SSSR count). The average molecular weight is 226 g/mol. The van der Waals surface area contributed by atoms with E-state index in [0.29, 0.717) is 0 Å². The fourth-order valence-corrected chi connectivity index (χ4v) is 2.81. The van der Waals surface area contributed by atoms with Gasteiger partial charge in [-0.3, -0.25) is 0 Å². The van der Waals surface area contributed by atoms with Crippen molar-refractivity contribution in [1.29, 1.82) is 0 Å². The standard InChI is InChI=1S/C11H19BO2S/c1-10(2)11(3,4)14-12(13-10)7-9-5-6-15-8-9/h7H,5-6,8H2,1-4H3. The van der Waals surface area contributed by atoms with Gasteiger partial charge in [0.2, 0.25) is 0 Å². The molecule has 0 atom stereocenters. The topological polar surface area (TPSA) is 18.5 Å². The molecule has 0 N–H and O–H groups in total. The molecule has 0 amide bonds. The Balaban J connectivity index is 2.06. The van der Waals surface area contributed by atoms with Crippen LogP contribution in [0.4, 0.5) is 0 Å². The molecule has 0 aliphatic carbocycles. The molecule has 0 bridgehead atoms. The zero-order valence-corrected chi connectivity index (χ0v) is 10.8. The van der Waals surface area contributed by atoms with E-state index >= 15 is 0 Å². The third kappa shape index (κ3) is 2.27. The number of hydrogen-bond donors (Lipinski definition) is 0. The van der Waals surface area contributed by atoms with Gasteiger partial charge in [0, 0.05) is 5.75 Å². The van der Waals surface area contributed by atoms with Crippen LogP contribution in [0.25, 0.3) is 0 Å². The lowest BCUT2D eigenvalue weighted by molar-refractivity contribution is 0.00578. The molecule has 2 fully saturated rings. The summed E-state index contributed by atoms with van der Waals surface area (Å²) in [6.45, 7) is 8.37. The molecule has 0 radical (unpaired) electrons. The van der Waals surface area contributed by atoms with Crippen LogP contribution in [0.3, 0.4) is 0 Å². The zero-order chi connectivity index (χ0) is 11.1. The Morgan fingerprint density at radius 3 is 2.27 bits per heavy atom. The molecule has 0 spiro atoms. The van der Waals surface area contributed by atoms with Gasteiger partial charge in [-0.05, 0) is 39.9 Å². The van der Waals surface area contributed by atoms with Gasteiger partial charge >= 0.3 is 7.12 Å². The maximum atomic E-state index is 5.92. The van der Waals surface area contributed by atoms with Gasteiger partial charge in [0.05, 0.1) is 11.2 Å². The molecule has 2 nitrogen and oxygen atoms in total. The van der Waals surface area contributed by atoms with Gasteiger partial charge in [-0.1, -0.05) is 11.5 Å². The Kier molecular flexibility index (Phi) is 2.95. The van der Waals surface area contributed by atoms with E-state index in [9.17, 15) is 0 Å². The fraction of sp³-hybridized carbons (Fsp3) is 0.818. The predicted octanol–water partition coefficient (Wildman–Crippen LogP) is 2.68. The van der Waals surface area contributed by atoms with E-state index in [0.717, 1.165) is 5.75 Å². The van der Waals surface area contributed by atoms with Crippen molar-refractivity contribution in [1.82, 2.24) is 0 Å². The summed E-state index contributed by atoms with van der Waals surface area (Å²) in [6.07, 6.45) is 1.19. The summed E-state index contributed by atoms with van der Waals surface area (Å²) < 4.78 is 11.8. The molecule has 0 aromatic heterocycles. The minimum atomic E-state index is -0.208. The number of thioether (sulfide) groups is 1. The van der Waals surface area contributed by atoms with Gasteiger partial charge in [-0.25, -0.2) is 0 Å². The Morgan fingerprint density at radius 2 is 1.80 bits per heavy atom. The molecule has 2 heterocycles. The molecule has 0 saturated carbocycles. The van der Waals surface area contributed by atoms with Crippen LogP contribution in [0.5, 0.6) is 0 Å². The molecule has 2 aliphatic heterocycles. The lowest BCUT2D eigenvalue weighted by Gasteiger charge is -2.32. The molecule has 15 heavy (non-hydrogen) atoms. The average Bonchev–Trinajstić information content (AvgIpc) is 2.59. The van der Waals surface area contributed by atoms with Gasteiger partial charge in [-0.15, -0.1) is 0 Å². The Labute approximate surface area is 96.9 Å². The van der Waals surface area contributed by atoms with E-state index < -0.39 is 0 Å². The van der Waals surface area contributed by atoms with Crippen molar-refractivity contribution in [3.8, 4) is 0 Å². The highest BCUT2D eigenvalue weighted by atomic mass is 32.2. The van der Waals surface area contributed by atoms with Crippen molar-refractivity contribution < 1.29 is 9.31 Å². The van der Waals surface area contributed by atoms with Crippen molar-refractivity contribution in [2.75, 3.05) is 11.5 Å². The summed E-state index contributed by atoms with van der Waals surface area (Å²) in [5, 5.41) is 0. The van der Waals surface area contributed by atoms with Crippen molar-refractivity contribution in [3.63, 3.8) is 0 Å². The van der Waals surface area contributed by atoms with Gasteiger partial charge in [0.15, 0.2) is 0 Å². The van der Waals surface area contributed by atoms with Gasteiger partial charge in [-0.2, -0.15) is 11.8 Å². The van der Waals surface area contributed by atoms with E-state index in [-0.39, 0.29) is 18.3 Å². The van der Waals surface area contributed by atoms with E-state index in [4.69, 9.17) is 9.31 Å². The monoisotopic (exact) mass is 226 g/mol. The second-order valence-electron chi connectivity index (χ2n) is 5.25. The maximum absolute atomic E-state index is 5.92. The summed E-state index contributed by atoms with van der Waals surface area (Å²) in [7, 11) is -0.149. The van der Waals surface area contributed by atoms with Crippen molar-refractivity contribution >= 4 is 18.9 Å². The first-order valence-electron chi connectivity index (χ1n) is 5.54. The largest absolute Gasteiger partial charge is 0.487 e. The second-order valence-corrected chi connectivity index (χ2v) is 6.36. The zero-order valence-electron chi connectivity index (χ0n) is 10.0. The first-order valence-corrected chi connectivity index (χ1v) is 6.69. The molecule has 0 aromatic rings. The van der Waals surface area contributed by atoms with Crippen LogP contribution in [0.15, 0.2) is 11.5 Å². The summed E-state index contributed by atoms with van der Waals surface area (Å²) in [6, 6.07) is 0. The number of rotatable bonds is 1. The lowest BCUT2D eigenvalue weighted by atomic mass is 9.87. The van der Waals surface area contributed by atoms with Gasteiger partial charge in [0.25, 0.3) is 0 Å². The van der Waals surface area contributed by atoms with Gasteiger partial charge < -0.3 is 9.31 Å². The molecule has 84 valence electrons. The summed E-state index contributed by atoms with van der Waals surface area (Å²) >= 11 is 1.99. The Bertz CT molecular complexity index is 262. The highest BCUT2D eigenvalue weighted by molar-refractivity contribution is 7.99. The lowest BCUT2D eigenvalue weighted by Crippen LogP contribution is -2.41. The Morgan fingerprint density at radius 1 is 1.20 bits per heavy atom. The minimum absolute atomic E-state index is 0.149. The summed E-state index contributed by atoms with van der Waals surface area (Å²) in [4.78, 5) is 0. The minimum Gasteiger partial charge on any atom is -0.400 e. The van der Waals surface area contributed by atoms with Crippen LogP contribution in [0.2, 0.25) is 0 Å². The smallest absolute Gasteiger partial charge is 0.400 e. The van der Waals surface area contributed by atoms with Crippen LogP contribution in [-0.4, -0.2) is 29.8 Å². The van der Waals surface area contributed by atoms with Crippen LogP contribution < -0.4 is 0 Å². The maximum Gasteiger partial charge on any atom is 0.487 e. The van der Waals surface area contributed by atoms with E-state index in [2.05, 4.69) is 33.7 Å². The first kappa shape index (κ1) is 11.6. The highest BCUT2D eigenvalue weighted by Gasteiger charge is 2.50. The van der Waals surface area contributed by atoms with E-state index in [1.54, 1.807) is 0 Å². The van der Waals surface area contributed by atoms with Crippen molar-refractivity contribution in [3.05, 3.63) is 11.5 Å². The normalized spacial score (nSPS) is 31.5. The SMILES string of the molecule is CC1(C)OB(C=C2CCSC2)OC1(C)C. The fourth-order valence-electron chi connectivity index (χ4n) is 1.76. The number of hydrogen-bond acceptors (Lipinski definition) is 3. The second kappa shape index (κ2) is 3.83. The third-order valence-electron chi connectivity index (χ3n) is 3.50. The molecule has 2 saturated heterocycles. The van der Waals surface area contributed by atoms with Crippen LogP contribution >= 0.6 is 11.8 Å². The quantitative estimate of drug-likeness (QED) is 0.640. The Hall–Kier alpha value is 0.0749. The molecular formula is C11H19BO2S. The van der Waals surface area contributed by atoms with E-state index in [1.807, 2.05) is 11.8 Å². The predicted molar refractivity (Wildman–Crippen MR) is 66.1 cm³/mol. The molecule has 2 aliphatic rings. The van der Waals surface area contributed by atoms with Crippen molar-refractivity contribution in [2.45, 2.75) is 45.3 Å². The van der Waals surface area contributed by atoms with Crippen LogP contribution in [0.1, 0.15) is 34.1 Å². The molecule has 4 heteroatoms. The van der Waals surface area contributed by atoms with Gasteiger partial charge in [0.1, 0.15) is 0 Å². The summed E-state index contributed by atoms with van der Waals surface area (Å²) in [5.41, 5.74) is 1.06. The highest BCUT2D eigenvalue weighted by Crippen LogP contribution is 2.37. The molecular weight excluding hydrogens is 207 g/mol. The summed E-state index contributed by atoms with van der Waals surface area (Å²) in [5.74, 6) is 4.55. The molecule has 0 aromatic carbocycles. The van der Waals surface area contributed by atoms with Crippen molar-refractivity contribution in [2.24, 2.45) is 0 Å². The first-order chi connectivity index (χ1) is 6.91.